The van der Waals surface area contributed by atoms with Crippen molar-refractivity contribution in [1.29, 1.82) is 0 Å². The van der Waals surface area contributed by atoms with E-state index >= 15 is 0 Å². The number of hydrogen-bond donors (Lipinski definition) is 1. The van der Waals surface area contributed by atoms with Gasteiger partial charge in [0.05, 0.1) is 5.69 Å². The molecule has 0 bridgehead atoms. The lowest BCUT2D eigenvalue weighted by Crippen LogP contribution is -2.28. The number of nitrogens with zero attached hydrogens (tertiary/aromatic N) is 3. The second kappa shape index (κ2) is 6.09. The van der Waals surface area contributed by atoms with Gasteiger partial charge in [-0.25, -0.2) is 9.78 Å². The smallest absolute Gasteiger partial charge is 0.328 e. The van der Waals surface area contributed by atoms with Crippen LogP contribution in [-0.2, 0) is 4.79 Å². The first kappa shape index (κ1) is 14.6. The first-order valence-corrected chi connectivity index (χ1v) is 7.52. The molecule has 2 aromatic heterocycles. The number of hydrogen-bond acceptors (Lipinski definition) is 4. The van der Waals surface area contributed by atoms with Crippen LogP contribution in [0.15, 0.2) is 17.7 Å². The number of imidazole rings is 1. The molecule has 0 atom stereocenters. The van der Waals surface area contributed by atoms with Crippen LogP contribution in [0.1, 0.15) is 26.5 Å². The molecule has 2 heterocycles. The van der Waals surface area contributed by atoms with Crippen LogP contribution < -0.4 is 4.90 Å². The molecular weight excluding hydrogens is 274 g/mol. The third kappa shape index (κ3) is 3.01. The van der Waals surface area contributed by atoms with Crippen molar-refractivity contribution in [1.82, 2.24) is 9.38 Å². The van der Waals surface area contributed by atoms with E-state index in [1.807, 2.05) is 16.0 Å². The van der Waals surface area contributed by atoms with Gasteiger partial charge in [0.15, 0.2) is 10.8 Å². The van der Waals surface area contributed by atoms with Gasteiger partial charge in [-0.1, -0.05) is 13.8 Å². The van der Waals surface area contributed by atoms with E-state index in [2.05, 4.69) is 30.7 Å². The van der Waals surface area contributed by atoms with Gasteiger partial charge in [0, 0.05) is 30.7 Å². The molecule has 0 unspecified atom stereocenters. The molecule has 5 nitrogen and oxygen atoms in total. The zero-order valence-electron chi connectivity index (χ0n) is 11.9. The number of thiazole rings is 1. The van der Waals surface area contributed by atoms with Crippen molar-refractivity contribution in [2.75, 3.05) is 18.0 Å². The molecule has 0 aromatic carbocycles. The molecule has 0 aliphatic heterocycles. The highest BCUT2D eigenvalue weighted by atomic mass is 32.1. The molecular formula is C14H19N3O2S. The van der Waals surface area contributed by atoms with Gasteiger partial charge < -0.3 is 10.0 Å². The fraction of sp³-hybridized carbons (Fsp3) is 0.429. The molecule has 0 radical (unpaired) electrons. The van der Waals surface area contributed by atoms with Crippen molar-refractivity contribution < 1.29 is 9.90 Å². The summed E-state index contributed by atoms with van der Waals surface area (Å²) >= 11 is 1.55. The number of carboxylic acid groups (broad SMARTS) is 1. The third-order valence-electron chi connectivity index (χ3n) is 2.93. The summed E-state index contributed by atoms with van der Waals surface area (Å²) in [7, 11) is 0. The van der Waals surface area contributed by atoms with E-state index in [4.69, 9.17) is 5.11 Å². The van der Waals surface area contributed by atoms with Crippen LogP contribution in [0.2, 0.25) is 0 Å². The van der Waals surface area contributed by atoms with Crippen molar-refractivity contribution >= 4 is 34.2 Å². The van der Waals surface area contributed by atoms with E-state index in [-0.39, 0.29) is 0 Å². The van der Waals surface area contributed by atoms with Crippen LogP contribution in [-0.4, -0.2) is 33.6 Å². The van der Waals surface area contributed by atoms with Gasteiger partial charge in [-0.15, -0.1) is 11.3 Å². The second-order valence-corrected chi connectivity index (χ2v) is 5.85. The van der Waals surface area contributed by atoms with Crippen molar-refractivity contribution in [3.05, 3.63) is 23.3 Å². The lowest BCUT2D eigenvalue weighted by atomic mass is 10.2. The number of fused-ring (bicyclic) bond motifs is 1. The molecule has 0 spiro atoms. The maximum atomic E-state index is 10.8. The highest BCUT2D eigenvalue weighted by Gasteiger charge is 2.17. The minimum atomic E-state index is -0.951. The number of anilines is 1. The molecule has 6 heteroatoms. The van der Waals surface area contributed by atoms with E-state index in [1.54, 1.807) is 17.4 Å². The zero-order chi connectivity index (χ0) is 14.7. The van der Waals surface area contributed by atoms with Crippen molar-refractivity contribution in [3.63, 3.8) is 0 Å². The number of carboxylic acids is 1. The van der Waals surface area contributed by atoms with Crippen LogP contribution in [0, 0.1) is 5.92 Å². The Morgan fingerprint density at radius 3 is 2.95 bits per heavy atom. The molecule has 2 rings (SSSR count). The zero-order valence-corrected chi connectivity index (χ0v) is 12.7. The van der Waals surface area contributed by atoms with Crippen LogP contribution in [0.25, 0.3) is 11.0 Å². The van der Waals surface area contributed by atoms with Crippen LogP contribution >= 0.6 is 11.3 Å². The summed E-state index contributed by atoms with van der Waals surface area (Å²) in [5.74, 6) is 0.421. The SMILES string of the molecule is CCN(CC(C)C)c1nc2sccn2c1/C=C/C(=O)O. The summed E-state index contributed by atoms with van der Waals surface area (Å²) in [6, 6.07) is 0. The van der Waals surface area contributed by atoms with Gasteiger partial charge in [0.25, 0.3) is 0 Å². The molecule has 1 N–H and O–H groups in total. The van der Waals surface area contributed by atoms with Gasteiger partial charge in [0.2, 0.25) is 0 Å². The lowest BCUT2D eigenvalue weighted by molar-refractivity contribution is -0.131. The lowest BCUT2D eigenvalue weighted by Gasteiger charge is -2.23. The first-order valence-electron chi connectivity index (χ1n) is 6.64. The normalized spacial score (nSPS) is 11.8. The third-order valence-corrected chi connectivity index (χ3v) is 3.69. The Morgan fingerprint density at radius 1 is 1.60 bits per heavy atom. The molecule has 0 saturated carbocycles. The Labute approximate surface area is 122 Å². The maximum Gasteiger partial charge on any atom is 0.328 e. The molecule has 20 heavy (non-hydrogen) atoms. The molecule has 2 aromatic rings. The first-order chi connectivity index (χ1) is 9.52. The average Bonchev–Trinajstić information content (AvgIpc) is 2.93. The number of aliphatic carboxylic acids is 1. The number of carbonyl (C=O) groups is 1. The summed E-state index contributed by atoms with van der Waals surface area (Å²) in [4.78, 5) is 18.5. The van der Waals surface area contributed by atoms with Crippen molar-refractivity contribution in [2.24, 2.45) is 5.92 Å². The summed E-state index contributed by atoms with van der Waals surface area (Å²) in [5, 5.41) is 10.8. The van der Waals surface area contributed by atoms with E-state index < -0.39 is 5.97 Å². The fourth-order valence-corrected chi connectivity index (χ4v) is 2.85. The van der Waals surface area contributed by atoms with Gasteiger partial charge in [-0.2, -0.15) is 0 Å². The molecule has 0 fully saturated rings. The summed E-state index contributed by atoms with van der Waals surface area (Å²) in [5.41, 5.74) is 0.825. The highest BCUT2D eigenvalue weighted by molar-refractivity contribution is 7.15. The van der Waals surface area contributed by atoms with Gasteiger partial charge in [-0.05, 0) is 18.9 Å². The van der Waals surface area contributed by atoms with E-state index in [0.29, 0.717) is 5.92 Å². The quantitative estimate of drug-likeness (QED) is 0.832. The summed E-state index contributed by atoms with van der Waals surface area (Å²) in [6.45, 7) is 8.15. The van der Waals surface area contributed by atoms with Crippen LogP contribution in [0.3, 0.4) is 0 Å². The fourth-order valence-electron chi connectivity index (χ4n) is 2.14. The van der Waals surface area contributed by atoms with E-state index in [0.717, 1.165) is 35.6 Å². The standard InChI is InChI=1S/C14H19N3O2S/c1-4-16(9-10(2)3)13-11(5-6-12(18)19)17-7-8-20-14(17)15-13/h5-8,10H,4,9H2,1-3H3,(H,18,19)/b6-5+. The largest absolute Gasteiger partial charge is 0.478 e. The monoisotopic (exact) mass is 293 g/mol. The van der Waals surface area contributed by atoms with Crippen LogP contribution in [0.4, 0.5) is 5.82 Å². The molecule has 108 valence electrons. The summed E-state index contributed by atoms with van der Waals surface area (Å²) in [6.07, 6.45) is 4.70. The van der Waals surface area contributed by atoms with Crippen molar-refractivity contribution in [2.45, 2.75) is 20.8 Å². The number of aromatic nitrogens is 2. The Balaban J connectivity index is 2.47. The van der Waals surface area contributed by atoms with E-state index in [1.165, 1.54) is 0 Å². The summed E-state index contributed by atoms with van der Waals surface area (Å²) < 4.78 is 1.93. The predicted molar refractivity (Wildman–Crippen MR) is 82.5 cm³/mol. The molecule has 0 aliphatic carbocycles. The Hall–Kier alpha value is -1.82. The van der Waals surface area contributed by atoms with Gasteiger partial charge in [-0.3, -0.25) is 4.40 Å². The second-order valence-electron chi connectivity index (χ2n) is 4.98. The Kier molecular flexibility index (Phi) is 4.44. The Bertz CT molecular complexity index is 627. The van der Waals surface area contributed by atoms with Gasteiger partial charge >= 0.3 is 5.97 Å². The Morgan fingerprint density at radius 2 is 2.35 bits per heavy atom. The minimum Gasteiger partial charge on any atom is -0.478 e. The van der Waals surface area contributed by atoms with Crippen LogP contribution in [0.5, 0.6) is 0 Å². The average molecular weight is 293 g/mol. The topological polar surface area (TPSA) is 57.8 Å². The molecule has 0 amide bonds. The molecule has 0 saturated heterocycles. The minimum absolute atomic E-state index is 0.519. The van der Waals surface area contributed by atoms with Gasteiger partial charge in [0.1, 0.15) is 0 Å². The van der Waals surface area contributed by atoms with E-state index in [9.17, 15) is 4.79 Å². The highest BCUT2D eigenvalue weighted by Crippen LogP contribution is 2.26. The molecule has 0 aliphatic rings. The maximum absolute atomic E-state index is 10.8. The predicted octanol–water partition coefficient (Wildman–Crippen LogP) is 2.98. The van der Waals surface area contributed by atoms with Crippen molar-refractivity contribution in [3.8, 4) is 0 Å². The number of rotatable bonds is 6.